The molecule has 0 fully saturated rings. The van der Waals surface area contributed by atoms with Gasteiger partial charge in [-0.2, -0.15) is 8.75 Å². The summed E-state index contributed by atoms with van der Waals surface area (Å²) in [4.78, 5) is 25.0. The highest BCUT2D eigenvalue weighted by Gasteiger charge is 2.14. The molecular weight excluding hydrogens is 346 g/mol. The van der Waals surface area contributed by atoms with Gasteiger partial charge in [0.05, 0.1) is 23.0 Å². The zero-order chi connectivity index (χ0) is 16.9. The molecule has 0 aliphatic rings. The van der Waals surface area contributed by atoms with Crippen molar-refractivity contribution in [2.45, 2.75) is 4.90 Å². The van der Waals surface area contributed by atoms with Crippen LogP contribution in [-0.2, 0) is 9.53 Å². The van der Waals surface area contributed by atoms with Crippen molar-refractivity contribution in [3.8, 4) is 0 Å². The van der Waals surface area contributed by atoms with E-state index in [4.69, 9.17) is 4.74 Å². The summed E-state index contributed by atoms with van der Waals surface area (Å²) >= 11 is 2.52. The molecule has 2 aromatic carbocycles. The Morgan fingerprint density at radius 1 is 1.17 bits per heavy atom. The van der Waals surface area contributed by atoms with E-state index in [2.05, 4.69) is 14.1 Å². The average Bonchev–Trinajstić information content (AvgIpc) is 3.09. The number of amides is 1. The second-order valence-electron chi connectivity index (χ2n) is 4.76. The monoisotopic (exact) mass is 359 g/mol. The molecule has 3 rings (SSSR count). The number of nitrogens with one attached hydrogen (secondary N) is 1. The lowest BCUT2D eigenvalue weighted by Crippen LogP contribution is -2.21. The van der Waals surface area contributed by atoms with Crippen LogP contribution in [0.4, 0.5) is 5.69 Å². The summed E-state index contributed by atoms with van der Waals surface area (Å²) < 4.78 is 13.4. The molecule has 0 atom stereocenters. The first-order chi connectivity index (χ1) is 11.7. The molecule has 0 aliphatic carbocycles. The molecule has 3 aromatic rings. The number of carbonyl (C=O) groups is 2. The SMILES string of the molecule is CSc1ccccc1C(=O)OCC(=O)Nc1cccc2nsnc12. The van der Waals surface area contributed by atoms with Crippen molar-refractivity contribution >= 4 is 52.1 Å². The van der Waals surface area contributed by atoms with Gasteiger partial charge in [0, 0.05) is 4.90 Å². The van der Waals surface area contributed by atoms with Gasteiger partial charge in [0.2, 0.25) is 0 Å². The van der Waals surface area contributed by atoms with E-state index in [9.17, 15) is 9.59 Å². The number of nitrogens with zero attached hydrogens (tertiary/aromatic N) is 2. The fourth-order valence-electron chi connectivity index (χ4n) is 2.12. The molecule has 1 N–H and O–H groups in total. The topological polar surface area (TPSA) is 81.2 Å². The molecular formula is C16H13N3O3S2. The van der Waals surface area contributed by atoms with Gasteiger partial charge in [0.15, 0.2) is 6.61 Å². The first-order valence-electron chi connectivity index (χ1n) is 7.00. The van der Waals surface area contributed by atoms with E-state index in [1.54, 1.807) is 24.3 Å². The summed E-state index contributed by atoms with van der Waals surface area (Å²) in [7, 11) is 0. The Hall–Kier alpha value is -2.45. The van der Waals surface area contributed by atoms with Crippen LogP contribution in [0.2, 0.25) is 0 Å². The van der Waals surface area contributed by atoms with Crippen LogP contribution in [0.1, 0.15) is 10.4 Å². The van der Waals surface area contributed by atoms with Crippen LogP contribution >= 0.6 is 23.5 Å². The highest BCUT2D eigenvalue weighted by molar-refractivity contribution is 7.98. The number of benzene rings is 2. The first kappa shape index (κ1) is 16.4. The maximum Gasteiger partial charge on any atom is 0.339 e. The van der Waals surface area contributed by atoms with Gasteiger partial charge >= 0.3 is 5.97 Å². The van der Waals surface area contributed by atoms with Crippen molar-refractivity contribution in [2.75, 3.05) is 18.2 Å². The van der Waals surface area contributed by atoms with Crippen LogP contribution in [0.15, 0.2) is 47.4 Å². The molecule has 0 unspecified atom stereocenters. The Labute approximate surface area is 146 Å². The van der Waals surface area contributed by atoms with Gasteiger partial charge < -0.3 is 10.1 Å². The third kappa shape index (κ3) is 3.55. The molecule has 6 nitrogen and oxygen atoms in total. The van der Waals surface area contributed by atoms with Crippen molar-refractivity contribution in [1.82, 2.24) is 8.75 Å². The minimum Gasteiger partial charge on any atom is -0.452 e. The molecule has 0 radical (unpaired) electrons. The maximum absolute atomic E-state index is 12.1. The zero-order valence-corrected chi connectivity index (χ0v) is 14.3. The fraction of sp³-hybridized carbons (Fsp3) is 0.125. The molecule has 0 saturated carbocycles. The molecule has 0 bridgehead atoms. The van der Waals surface area contributed by atoms with E-state index in [1.807, 2.05) is 24.5 Å². The summed E-state index contributed by atoms with van der Waals surface area (Å²) in [6.45, 7) is -0.366. The van der Waals surface area contributed by atoms with Gasteiger partial charge in [-0.1, -0.05) is 18.2 Å². The first-order valence-corrected chi connectivity index (χ1v) is 8.96. The Morgan fingerprint density at radius 3 is 2.83 bits per heavy atom. The minimum atomic E-state index is -0.524. The lowest BCUT2D eigenvalue weighted by atomic mass is 10.2. The van der Waals surface area contributed by atoms with Crippen LogP contribution in [0.3, 0.4) is 0 Å². The summed E-state index contributed by atoms with van der Waals surface area (Å²) in [6, 6.07) is 12.4. The van der Waals surface area contributed by atoms with E-state index in [0.29, 0.717) is 22.3 Å². The number of hydrogen-bond acceptors (Lipinski definition) is 7. The Bertz CT molecular complexity index is 895. The molecule has 24 heavy (non-hydrogen) atoms. The van der Waals surface area contributed by atoms with Crippen LogP contribution in [0, 0.1) is 0 Å². The largest absolute Gasteiger partial charge is 0.452 e. The number of thioether (sulfide) groups is 1. The number of esters is 1. The number of anilines is 1. The standard InChI is InChI=1S/C16H13N3O3S2/c1-23-13-8-3-2-5-10(13)16(21)22-9-14(20)17-11-6-4-7-12-15(11)19-24-18-12/h2-8H,9H2,1H3,(H,17,20). The van der Waals surface area contributed by atoms with Crippen molar-refractivity contribution in [1.29, 1.82) is 0 Å². The highest BCUT2D eigenvalue weighted by Crippen LogP contribution is 2.22. The smallest absolute Gasteiger partial charge is 0.339 e. The lowest BCUT2D eigenvalue weighted by Gasteiger charge is -2.08. The van der Waals surface area contributed by atoms with Crippen molar-refractivity contribution < 1.29 is 14.3 Å². The molecule has 1 heterocycles. The number of ether oxygens (including phenoxy) is 1. The van der Waals surface area contributed by atoms with E-state index in [0.717, 1.165) is 16.6 Å². The molecule has 8 heteroatoms. The van der Waals surface area contributed by atoms with Crippen molar-refractivity contribution in [3.05, 3.63) is 48.0 Å². The summed E-state index contributed by atoms with van der Waals surface area (Å²) in [6.07, 6.45) is 1.88. The zero-order valence-electron chi connectivity index (χ0n) is 12.7. The van der Waals surface area contributed by atoms with Gasteiger partial charge in [-0.05, 0) is 30.5 Å². The third-order valence-corrected chi connectivity index (χ3v) is 4.56. The van der Waals surface area contributed by atoms with Gasteiger partial charge in [-0.15, -0.1) is 11.8 Å². The summed E-state index contributed by atoms with van der Waals surface area (Å²) in [5, 5.41) is 2.69. The predicted octanol–water partition coefficient (Wildman–Crippen LogP) is 3.21. The van der Waals surface area contributed by atoms with Crippen LogP contribution in [0.25, 0.3) is 11.0 Å². The predicted molar refractivity (Wildman–Crippen MR) is 94.6 cm³/mol. The molecule has 1 amide bonds. The fourth-order valence-corrected chi connectivity index (χ4v) is 3.25. The van der Waals surface area contributed by atoms with E-state index < -0.39 is 11.9 Å². The van der Waals surface area contributed by atoms with Crippen molar-refractivity contribution in [3.63, 3.8) is 0 Å². The van der Waals surface area contributed by atoms with Crippen molar-refractivity contribution in [2.24, 2.45) is 0 Å². The lowest BCUT2D eigenvalue weighted by molar-refractivity contribution is -0.119. The van der Waals surface area contributed by atoms with Crippen LogP contribution < -0.4 is 5.32 Å². The quantitative estimate of drug-likeness (QED) is 0.556. The molecule has 1 aromatic heterocycles. The summed E-state index contributed by atoms with van der Waals surface area (Å²) in [5.41, 5.74) is 2.33. The second-order valence-corrected chi connectivity index (χ2v) is 6.14. The number of fused-ring (bicyclic) bond motifs is 1. The molecule has 122 valence electrons. The normalized spacial score (nSPS) is 10.5. The Kier molecular flexibility index (Phi) is 5.07. The number of rotatable bonds is 5. The third-order valence-electron chi connectivity index (χ3n) is 3.22. The van der Waals surface area contributed by atoms with Gasteiger partial charge in [0.1, 0.15) is 11.0 Å². The molecule has 0 aliphatic heterocycles. The minimum absolute atomic E-state index is 0.366. The highest BCUT2D eigenvalue weighted by atomic mass is 32.2. The van der Waals surface area contributed by atoms with Gasteiger partial charge in [-0.25, -0.2) is 4.79 Å². The number of carbonyl (C=O) groups excluding carboxylic acids is 2. The Morgan fingerprint density at radius 2 is 2.00 bits per heavy atom. The van der Waals surface area contributed by atoms with Gasteiger partial charge in [-0.3, -0.25) is 4.79 Å². The van der Waals surface area contributed by atoms with E-state index in [-0.39, 0.29) is 6.61 Å². The maximum atomic E-state index is 12.1. The average molecular weight is 359 g/mol. The van der Waals surface area contributed by atoms with E-state index >= 15 is 0 Å². The van der Waals surface area contributed by atoms with Crippen LogP contribution in [0.5, 0.6) is 0 Å². The molecule has 0 saturated heterocycles. The van der Waals surface area contributed by atoms with Gasteiger partial charge in [0.25, 0.3) is 5.91 Å². The summed E-state index contributed by atoms with van der Waals surface area (Å²) in [5.74, 6) is -0.950. The second kappa shape index (κ2) is 7.41. The Balaban J connectivity index is 1.63. The number of hydrogen-bond donors (Lipinski definition) is 1. The molecule has 0 spiro atoms. The number of aromatic nitrogens is 2. The van der Waals surface area contributed by atoms with E-state index in [1.165, 1.54) is 11.8 Å². The van der Waals surface area contributed by atoms with Crippen LogP contribution in [-0.4, -0.2) is 33.5 Å².